The number of hydrogen-bond donors (Lipinski definition) is 1. The molecule has 4 nitrogen and oxygen atoms in total. The Hall–Kier alpha value is -1.84. The number of aryl methyl sites for hydroxylation is 2. The summed E-state index contributed by atoms with van der Waals surface area (Å²) in [5.41, 5.74) is 6.37. The van der Waals surface area contributed by atoms with Crippen LogP contribution in [-0.4, -0.2) is 18.2 Å². The number of hydrazone groups is 1. The van der Waals surface area contributed by atoms with Crippen molar-refractivity contribution in [1.29, 1.82) is 0 Å². The van der Waals surface area contributed by atoms with E-state index in [0.29, 0.717) is 5.92 Å². The van der Waals surface area contributed by atoms with Gasteiger partial charge in [0.25, 0.3) is 5.91 Å². The van der Waals surface area contributed by atoms with Crippen LogP contribution < -0.4 is 10.2 Å². The van der Waals surface area contributed by atoms with E-state index in [1.54, 1.807) is 0 Å². The molecule has 24 heavy (non-hydrogen) atoms. The number of fused-ring (bicyclic) bond motifs is 2. The van der Waals surface area contributed by atoms with Gasteiger partial charge in [-0.3, -0.25) is 4.79 Å². The second-order valence-electron chi connectivity index (χ2n) is 8.14. The van der Waals surface area contributed by atoms with Crippen molar-refractivity contribution in [2.24, 2.45) is 21.8 Å². The predicted molar refractivity (Wildman–Crippen MR) is 96.2 cm³/mol. The fourth-order valence-electron chi connectivity index (χ4n) is 4.27. The Balaban J connectivity index is 1.60. The lowest BCUT2D eigenvalue weighted by Crippen LogP contribution is -2.35. The SMILES string of the molecule is Cc1ccc(C)c(OCC(=O)N/N=C2/C[C@@H]3CC[C@]2(C)C3(C)C)c1. The normalized spacial score (nSPS) is 29.0. The summed E-state index contributed by atoms with van der Waals surface area (Å²) in [6.45, 7) is 10.9. The van der Waals surface area contributed by atoms with Gasteiger partial charge in [-0.25, -0.2) is 5.43 Å². The highest BCUT2D eigenvalue weighted by molar-refractivity contribution is 5.95. The summed E-state index contributed by atoms with van der Waals surface area (Å²) in [7, 11) is 0. The Labute approximate surface area is 144 Å². The summed E-state index contributed by atoms with van der Waals surface area (Å²) in [4.78, 5) is 12.1. The number of ether oxygens (including phenoxy) is 1. The number of carbonyl (C=O) groups is 1. The average Bonchev–Trinajstić information content (AvgIpc) is 2.86. The summed E-state index contributed by atoms with van der Waals surface area (Å²) < 4.78 is 5.64. The molecule has 1 amide bonds. The topological polar surface area (TPSA) is 50.7 Å². The number of hydrogen-bond acceptors (Lipinski definition) is 3. The van der Waals surface area contributed by atoms with Gasteiger partial charge in [-0.2, -0.15) is 5.10 Å². The maximum Gasteiger partial charge on any atom is 0.277 e. The minimum absolute atomic E-state index is 0.00932. The van der Waals surface area contributed by atoms with Gasteiger partial charge in [-0.1, -0.05) is 32.9 Å². The monoisotopic (exact) mass is 328 g/mol. The molecule has 0 aliphatic heterocycles. The van der Waals surface area contributed by atoms with Gasteiger partial charge in [0, 0.05) is 11.1 Å². The predicted octanol–water partition coefficient (Wildman–Crippen LogP) is 4.00. The van der Waals surface area contributed by atoms with Gasteiger partial charge < -0.3 is 4.74 Å². The molecule has 1 aromatic rings. The Morgan fingerprint density at radius 3 is 2.71 bits per heavy atom. The fraction of sp³-hybridized carbons (Fsp3) is 0.600. The van der Waals surface area contributed by atoms with E-state index in [0.717, 1.165) is 29.0 Å². The maximum absolute atomic E-state index is 12.1. The lowest BCUT2D eigenvalue weighted by molar-refractivity contribution is -0.123. The van der Waals surface area contributed by atoms with Gasteiger partial charge in [-0.05, 0) is 61.6 Å². The minimum Gasteiger partial charge on any atom is -0.483 e. The molecule has 4 heteroatoms. The van der Waals surface area contributed by atoms with Crippen LogP contribution in [0.25, 0.3) is 0 Å². The number of benzene rings is 1. The molecule has 2 fully saturated rings. The first-order valence-corrected chi connectivity index (χ1v) is 8.80. The van der Waals surface area contributed by atoms with Gasteiger partial charge in [-0.15, -0.1) is 0 Å². The molecule has 0 radical (unpaired) electrons. The van der Waals surface area contributed by atoms with Gasteiger partial charge in [0.1, 0.15) is 5.75 Å². The van der Waals surface area contributed by atoms with Crippen LogP contribution in [0.3, 0.4) is 0 Å². The zero-order chi connectivity index (χ0) is 17.5. The first kappa shape index (κ1) is 17.0. The molecular weight excluding hydrogens is 300 g/mol. The molecule has 2 bridgehead atoms. The highest BCUT2D eigenvalue weighted by atomic mass is 16.5. The third kappa shape index (κ3) is 2.72. The molecule has 2 aliphatic rings. The number of rotatable bonds is 4. The highest BCUT2D eigenvalue weighted by Crippen LogP contribution is 2.63. The van der Waals surface area contributed by atoms with Crippen molar-refractivity contribution in [3.8, 4) is 5.75 Å². The average molecular weight is 328 g/mol. The summed E-state index contributed by atoms with van der Waals surface area (Å²) in [5, 5.41) is 4.46. The van der Waals surface area contributed by atoms with Crippen LogP contribution in [0.2, 0.25) is 0 Å². The van der Waals surface area contributed by atoms with E-state index in [1.807, 2.05) is 32.0 Å². The van der Waals surface area contributed by atoms with Crippen LogP contribution in [0.15, 0.2) is 23.3 Å². The Morgan fingerprint density at radius 1 is 1.33 bits per heavy atom. The van der Waals surface area contributed by atoms with Gasteiger partial charge in [0.2, 0.25) is 0 Å². The van der Waals surface area contributed by atoms with E-state index in [-0.39, 0.29) is 23.3 Å². The van der Waals surface area contributed by atoms with Crippen LogP contribution in [0.4, 0.5) is 0 Å². The van der Waals surface area contributed by atoms with Crippen LogP contribution in [0, 0.1) is 30.6 Å². The number of nitrogens with zero attached hydrogens (tertiary/aromatic N) is 1. The van der Waals surface area contributed by atoms with E-state index in [1.165, 1.54) is 12.8 Å². The summed E-state index contributed by atoms with van der Waals surface area (Å²) in [5.74, 6) is 1.24. The van der Waals surface area contributed by atoms with Crippen LogP contribution in [-0.2, 0) is 4.79 Å². The second kappa shape index (κ2) is 5.91. The van der Waals surface area contributed by atoms with Crippen molar-refractivity contribution in [3.63, 3.8) is 0 Å². The molecule has 1 aromatic carbocycles. The third-order valence-electron chi connectivity index (χ3n) is 6.53. The standard InChI is InChI=1S/C20H28N2O2/c1-13-6-7-14(2)16(10-13)24-12-18(23)22-21-17-11-15-8-9-20(17,5)19(15,3)4/h6-7,10,15H,8-9,11-12H2,1-5H3,(H,22,23)/b21-17-/t15-,20-/m0/s1. The zero-order valence-corrected chi connectivity index (χ0v) is 15.4. The van der Waals surface area contributed by atoms with Gasteiger partial charge in [0.05, 0.1) is 0 Å². The summed E-state index contributed by atoms with van der Waals surface area (Å²) in [6, 6.07) is 5.99. The van der Waals surface area contributed by atoms with E-state index < -0.39 is 0 Å². The molecule has 3 rings (SSSR count). The lowest BCUT2D eigenvalue weighted by Gasteiger charge is -2.34. The highest BCUT2D eigenvalue weighted by Gasteiger charge is 2.59. The van der Waals surface area contributed by atoms with Crippen molar-refractivity contribution < 1.29 is 9.53 Å². The molecule has 2 aliphatic carbocycles. The Bertz CT molecular complexity index is 693. The molecule has 0 spiro atoms. The quantitative estimate of drug-likeness (QED) is 0.849. The first-order chi connectivity index (χ1) is 11.2. The number of nitrogens with one attached hydrogen (secondary N) is 1. The molecule has 1 N–H and O–H groups in total. The van der Waals surface area contributed by atoms with Crippen molar-refractivity contribution in [1.82, 2.24) is 5.43 Å². The molecular formula is C20H28N2O2. The van der Waals surface area contributed by atoms with Crippen LogP contribution >= 0.6 is 0 Å². The summed E-state index contributed by atoms with van der Waals surface area (Å²) in [6.07, 6.45) is 3.44. The fourth-order valence-corrected chi connectivity index (χ4v) is 4.27. The number of amides is 1. The minimum atomic E-state index is -0.201. The van der Waals surface area contributed by atoms with Gasteiger partial charge >= 0.3 is 0 Å². The van der Waals surface area contributed by atoms with E-state index >= 15 is 0 Å². The van der Waals surface area contributed by atoms with Crippen molar-refractivity contribution >= 4 is 11.6 Å². The number of carbonyl (C=O) groups excluding carboxylic acids is 1. The largest absolute Gasteiger partial charge is 0.483 e. The van der Waals surface area contributed by atoms with Crippen molar-refractivity contribution in [3.05, 3.63) is 29.3 Å². The Kier molecular flexibility index (Phi) is 4.18. The van der Waals surface area contributed by atoms with E-state index in [9.17, 15) is 4.79 Å². The Morgan fingerprint density at radius 2 is 2.08 bits per heavy atom. The second-order valence-corrected chi connectivity index (χ2v) is 8.14. The van der Waals surface area contributed by atoms with E-state index in [4.69, 9.17) is 4.74 Å². The van der Waals surface area contributed by atoms with Crippen LogP contribution in [0.1, 0.15) is 51.2 Å². The molecule has 0 aromatic heterocycles. The summed E-state index contributed by atoms with van der Waals surface area (Å²) >= 11 is 0. The van der Waals surface area contributed by atoms with Crippen molar-refractivity contribution in [2.75, 3.05) is 6.61 Å². The smallest absolute Gasteiger partial charge is 0.277 e. The first-order valence-electron chi connectivity index (χ1n) is 8.80. The molecule has 0 heterocycles. The molecule has 2 saturated carbocycles. The molecule has 2 atom stereocenters. The zero-order valence-electron chi connectivity index (χ0n) is 15.4. The maximum atomic E-state index is 12.1. The molecule has 0 unspecified atom stereocenters. The van der Waals surface area contributed by atoms with Gasteiger partial charge in [0.15, 0.2) is 6.61 Å². The van der Waals surface area contributed by atoms with Crippen LogP contribution in [0.5, 0.6) is 5.75 Å². The molecule has 0 saturated heterocycles. The molecule has 130 valence electrons. The lowest BCUT2D eigenvalue weighted by atomic mass is 9.70. The van der Waals surface area contributed by atoms with Crippen molar-refractivity contribution in [2.45, 2.75) is 53.9 Å². The van der Waals surface area contributed by atoms with E-state index in [2.05, 4.69) is 31.3 Å². The third-order valence-corrected chi connectivity index (χ3v) is 6.53.